The monoisotopic (exact) mass is 385 g/mol. The molecule has 0 radical (unpaired) electrons. The summed E-state index contributed by atoms with van der Waals surface area (Å²) in [6.45, 7) is 2.21. The van der Waals surface area contributed by atoms with Crippen LogP contribution in [0.1, 0.15) is 21.5 Å². The first-order chi connectivity index (χ1) is 14.1. The molecule has 144 valence electrons. The van der Waals surface area contributed by atoms with Crippen LogP contribution in [0.3, 0.4) is 0 Å². The van der Waals surface area contributed by atoms with Crippen molar-refractivity contribution in [1.29, 1.82) is 0 Å². The zero-order chi connectivity index (χ0) is 20.2. The van der Waals surface area contributed by atoms with Crippen molar-refractivity contribution < 1.29 is 9.90 Å². The van der Waals surface area contributed by atoms with Gasteiger partial charge < -0.3 is 15.7 Å². The molecule has 2 aromatic heterocycles. The van der Waals surface area contributed by atoms with Crippen LogP contribution in [-0.2, 0) is 6.54 Å². The van der Waals surface area contributed by atoms with Crippen molar-refractivity contribution in [2.75, 3.05) is 10.6 Å². The van der Waals surface area contributed by atoms with Gasteiger partial charge in [-0.3, -0.25) is 14.8 Å². The van der Waals surface area contributed by atoms with E-state index < -0.39 is 0 Å². The lowest BCUT2D eigenvalue weighted by Gasteiger charge is -2.11. The van der Waals surface area contributed by atoms with Crippen LogP contribution in [0.15, 0.2) is 67.1 Å². The summed E-state index contributed by atoms with van der Waals surface area (Å²) in [7, 11) is 0. The van der Waals surface area contributed by atoms with Crippen LogP contribution in [0, 0.1) is 6.92 Å². The summed E-state index contributed by atoms with van der Waals surface area (Å²) in [4.78, 5) is 25.3. The summed E-state index contributed by atoms with van der Waals surface area (Å²) in [5, 5.41) is 16.2. The van der Waals surface area contributed by atoms with Crippen LogP contribution >= 0.6 is 0 Å². The van der Waals surface area contributed by atoms with Crippen LogP contribution in [-0.4, -0.2) is 26.0 Å². The molecule has 0 atom stereocenters. The Kier molecular flexibility index (Phi) is 5.03. The molecule has 0 saturated carbocycles. The standard InChI is InChI=1S/C22H19N5O2/c1-14-8-16(11-23-10-14)22(29)26-17-6-7-20(28)15(9-17)12-25-21-13-24-18-4-2-3-5-19(18)27-21/h2-11,13,28H,12H2,1H3,(H,25,27)(H,26,29). The van der Waals surface area contributed by atoms with E-state index in [9.17, 15) is 9.90 Å². The Morgan fingerprint density at radius 1 is 1.03 bits per heavy atom. The van der Waals surface area contributed by atoms with E-state index in [4.69, 9.17) is 0 Å². The number of para-hydroxylation sites is 2. The van der Waals surface area contributed by atoms with E-state index in [1.807, 2.05) is 31.2 Å². The van der Waals surface area contributed by atoms with Gasteiger partial charge in [0.2, 0.25) is 0 Å². The molecule has 4 aromatic rings. The number of hydrogen-bond donors (Lipinski definition) is 3. The van der Waals surface area contributed by atoms with E-state index in [2.05, 4.69) is 25.6 Å². The molecule has 0 fully saturated rings. The number of phenols is 1. The second-order valence-electron chi connectivity index (χ2n) is 6.65. The van der Waals surface area contributed by atoms with Crippen molar-refractivity contribution in [2.45, 2.75) is 13.5 Å². The van der Waals surface area contributed by atoms with Crippen LogP contribution in [0.5, 0.6) is 5.75 Å². The predicted octanol–water partition coefficient (Wildman–Crippen LogP) is 3.90. The molecule has 3 N–H and O–H groups in total. The highest BCUT2D eigenvalue weighted by molar-refractivity contribution is 6.04. The molecule has 2 heterocycles. The lowest BCUT2D eigenvalue weighted by molar-refractivity contribution is 0.102. The third-order valence-corrected chi connectivity index (χ3v) is 4.38. The molecule has 0 spiro atoms. The molecule has 7 nitrogen and oxygen atoms in total. The number of anilines is 2. The lowest BCUT2D eigenvalue weighted by Crippen LogP contribution is -2.13. The SMILES string of the molecule is Cc1cncc(C(=O)Nc2ccc(O)c(CNc3cnc4ccccc4n3)c2)c1. The molecule has 0 aliphatic carbocycles. The van der Waals surface area contributed by atoms with E-state index in [-0.39, 0.29) is 11.7 Å². The Morgan fingerprint density at radius 3 is 2.69 bits per heavy atom. The van der Waals surface area contributed by atoms with E-state index in [1.165, 1.54) is 6.20 Å². The number of aryl methyl sites for hydroxylation is 1. The Balaban J connectivity index is 1.48. The Bertz CT molecular complexity index is 1190. The van der Waals surface area contributed by atoms with Gasteiger partial charge in [-0.15, -0.1) is 0 Å². The summed E-state index contributed by atoms with van der Waals surface area (Å²) in [5.74, 6) is 0.469. The fraction of sp³-hybridized carbons (Fsp3) is 0.0909. The minimum Gasteiger partial charge on any atom is -0.508 e. The molecule has 7 heteroatoms. The number of nitrogens with one attached hydrogen (secondary N) is 2. The third kappa shape index (κ3) is 4.30. The highest BCUT2D eigenvalue weighted by Gasteiger charge is 2.09. The molecule has 0 saturated heterocycles. The van der Waals surface area contributed by atoms with Crippen LogP contribution in [0.4, 0.5) is 11.5 Å². The van der Waals surface area contributed by atoms with Gasteiger partial charge in [0.1, 0.15) is 11.6 Å². The van der Waals surface area contributed by atoms with Crippen molar-refractivity contribution in [3.05, 3.63) is 83.8 Å². The molecular formula is C22H19N5O2. The normalized spacial score (nSPS) is 10.7. The fourth-order valence-corrected chi connectivity index (χ4v) is 2.92. The Morgan fingerprint density at radius 2 is 1.86 bits per heavy atom. The van der Waals surface area contributed by atoms with Crippen molar-refractivity contribution >= 4 is 28.4 Å². The molecule has 1 amide bonds. The quantitative estimate of drug-likeness (QED) is 0.451. The maximum atomic E-state index is 12.4. The summed E-state index contributed by atoms with van der Waals surface area (Å²) in [6.07, 6.45) is 4.86. The summed E-state index contributed by atoms with van der Waals surface area (Å²) < 4.78 is 0. The second kappa shape index (κ2) is 7.93. The molecule has 0 bridgehead atoms. The first-order valence-corrected chi connectivity index (χ1v) is 9.09. The van der Waals surface area contributed by atoms with Crippen LogP contribution < -0.4 is 10.6 Å². The van der Waals surface area contributed by atoms with Gasteiger partial charge in [0.25, 0.3) is 5.91 Å². The minimum absolute atomic E-state index is 0.126. The highest BCUT2D eigenvalue weighted by atomic mass is 16.3. The molecule has 2 aromatic carbocycles. The van der Waals surface area contributed by atoms with Gasteiger partial charge in [-0.05, 0) is 48.9 Å². The number of aromatic nitrogens is 3. The highest BCUT2D eigenvalue weighted by Crippen LogP contribution is 2.23. The van der Waals surface area contributed by atoms with Gasteiger partial charge in [0.05, 0.1) is 22.8 Å². The van der Waals surface area contributed by atoms with Crippen LogP contribution in [0.2, 0.25) is 0 Å². The predicted molar refractivity (Wildman–Crippen MR) is 112 cm³/mol. The number of rotatable bonds is 5. The number of pyridine rings is 1. The van der Waals surface area contributed by atoms with Gasteiger partial charge in [-0.2, -0.15) is 0 Å². The van der Waals surface area contributed by atoms with Gasteiger partial charge >= 0.3 is 0 Å². The molecule has 0 aliphatic rings. The first-order valence-electron chi connectivity index (χ1n) is 9.09. The molecule has 4 rings (SSSR count). The first kappa shape index (κ1) is 18.4. The van der Waals surface area contributed by atoms with Gasteiger partial charge in [-0.25, -0.2) is 4.98 Å². The van der Waals surface area contributed by atoms with E-state index in [0.29, 0.717) is 29.2 Å². The fourth-order valence-electron chi connectivity index (χ4n) is 2.92. The maximum absolute atomic E-state index is 12.4. The largest absolute Gasteiger partial charge is 0.508 e. The minimum atomic E-state index is -0.258. The summed E-state index contributed by atoms with van der Waals surface area (Å²) >= 11 is 0. The summed E-state index contributed by atoms with van der Waals surface area (Å²) in [5.41, 5.74) is 4.19. The maximum Gasteiger partial charge on any atom is 0.257 e. The number of fused-ring (bicyclic) bond motifs is 1. The topological polar surface area (TPSA) is 100 Å². The smallest absolute Gasteiger partial charge is 0.257 e. The number of phenolic OH excluding ortho intramolecular Hbond substituents is 1. The number of nitrogens with zero attached hydrogens (tertiary/aromatic N) is 3. The van der Waals surface area contributed by atoms with E-state index in [1.54, 1.807) is 36.7 Å². The number of carbonyl (C=O) groups excluding carboxylic acids is 1. The zero-order valence-electron chi connectivity index (χ0n) is 15.8. The van der Waals surface area contributed by atoms with Crippen molar-refractivity contribution in [3.8, 4) is 5.75 Å². The van der Waals surface area contributed by atoms with Crippen molar-refractivity contribution in [2.24, 2.45) is 0 Å². The lowest BCUT2D eigenvalue weighted by atomic mass is 10.1. The number of carbonyl (C=O) groups is 1. The second-order valence-corrected chi connectivity index (χ2v) is 6.65. The number of benzene rings is 2. The van der Waals surface area contributed by atoms with Gasteiger partial charge in [-0.1, -0.05) is 12.1 Å². The molecule has 0 aliphatic heterocycles. The van der Waals surface area contributed by atoms with Crippen molar-refractivity contribution in [1.82, 2.24) is 15.0 Å². The average Bonchev–Trinajstić information content (AvgIpc) is 2.74. The van der Waals surface area contributed by atoms with Gasteiger partial charge in [0, 0.05) is 30.2 Å². The average molecular weight is 385 g/mol. The Labute approximate surface area is 167 Å². The van der Waals surface area contributed by atoms with E-state index >= 15 is 0 Å². The third-order valence-electron chi connectivity index (χ3n) is 4.38. The van der Waals surface area contributed by atoms with Crippen LogP contribution in [0.25, 0.3) is 11.0 Å². The Hall–Kier alpha value is -4.00. The summed E-state index contributed by atoms with van der Waals surface area (Å²) in [6, 6.07) is 14.3. The molecule has 29 heavy (non-hydrogen) atoms. The number of aromatic hydroxyl groups is 1. The van der Waals surface area contributed by atoms with Crippen molar-refractivity contribution in [3.63, 3.8) is 0 Å². The zero-order valence-corrected chi connectivity index (χ0v) is 15.8. The number of hydrogen-bond acceptors (Lipinski definition) is 6. The molecule has 0 unspecified atom stereocenters. The van der Waals surface area contributed by atoms with E-state index in [0.717, 1.165) is 16.6 Å². The number of amides is 1. The molecular weight excluding hydrogens is 366 g/mol. The van der Waals surface area contributed by atoms with Gasteiger partial charge in [0.15, 0.2) is 0 Å².